The minimum atomic E-state index is -4.28. The minimum absolute atomic E-state index is 0.0758. The zero-order valence-electron chi connectivity index (χ0n) is 14.2. The molecule has 0 aliphatic heterocycles. The third-order valence-corrected chi connectivity index (χ3v) is 4.41. The van der Waals surface area contributed by atoms with E-state index in [0.29, 0.717) is 13.1 Å². The highest BCUT2D eigenvalue weighted by Gasteiger charge is 2.21. The van der Waals surface area contributed by atoms with Crippen LogP contribution in [-0.2, 0) is 22.2 Å². The van der Waals surface area contributed by atoms with E-state index in [1.165, 1.54) is 15.7 Å². The predicted molar refractivity (Wildman–Crippen MR) is 92.9 cm³/mol. The molecule has 2 aromatic heterocycles. The van der Waals surface area contributed by atoms with Gasteiger partial charge in [-0.25, -0.2) is 0 Å². The Hall–Kier alpha value is -1.43. The summed E-state index contributed by atoms with van der Waals surface area (Å²) >= 11 is 0. The Kier molecular flexibility index (Phi) is 7.81. The van der Waals surface area contributed by atoms with Crippen molar-refractivity contribution in [2.75, 3.05) is 0 Å². The molecule has 2 heterocycles. The molecule has 2 atom stereocenters. The van der Waals surface area contributed by atoms with Crippen molar-refractivity contribution >= 4 is 25.9 Å². The predicted octanol–water partition coefficient (Wildman–Crippen LogP) is -2.54. The lowest BCUT2D eigenvalue weighted by Crippen LogP contribution is -2.24. The number of nitrogens with zero attached hydrogens (tertiary/aromatic N) is 5. The monoisotopic (exact) mass is 411 g/mol. The van der Waals surface area contributed by atoms with Crippen LogP contribution in [0.25, 0.3) is 0 Å². The van der Waals surface area contributed by atoms with E-state index in [2.05, 4.69) is 15.3 Å². The van der Waals surface area contributed by atoms with Gasteiger partial charge in [-0.1, -0.05) is 0 Å². The molecule has 0 radical (unpaired) electrons. The Balaban J connectivity index is 0.000000260. The first-order valence-corrected chi connectivity index (χ1v) is 10.6. The van der Waals surface area contributed by atoms with Crippen LogP contribution in [0.3, 0.4) is 0 Å². The average molecular weight is 411 g/mol. The maximum Gasteiger partial charge on any atom is 0.378 e. The fourth-order valence-corrected chi connectivity index (χ4v) is 2.57. The fraction of sp³-hybridized carbons (Fsp3) is 0.545. The molecule has 0 saturated carbocycles. The second-order valence-electron chi connectivity index (χ2n) is 5.72. The van der Waals surface area contributed by atoms with Gasteiger partial charge in [0.05, 0.1) is 25.5 Å². The van der Waals surface area contributed by atoms with Gasteiger partial charge >= 0.3 is 15.2 Å². The van der Waals surface area contributed by atoms with Gasteiger partial charge in [0.25, 0.3) is 0 Å². The van der Waals surface area contributed by atoms with E-state index in [9.17, 15) is 9.13 Å². The Morgan fingerprint density at radius 2 is 1.58 bits per heavy atom. The highest BCUT2D eigenvalue weighted by molar-refractivity contribution is 7.60. The molecule has 0 bridgehead atoms. The van der Waals surface area contributed by atoms with Gasteiger partial charge in [0, 0.05) is 18.3 Å². The van der Waals surface area contributed by atoms with Gasteiger partial charge in [0.15, 0.2) is 5.44 Å². The fourth-order valence-electron chi connectivity index (χ4n) is 1.67. The first kappa shape index (κ1) is 22.6. The van der Waals surface area contributed by atoms with E-state index >= 15 is 0 Å². The summed E-state index contributed by atoms with van der Waals surface area (Å²) in [5.41, 5.74) is 10.6. The molecule has 0 saturated heterocycles. The minimum Gasteiger partial charge on any atom is -0.326 e. The third kappa shape index (κ3) is 7.85. The Labute approximate surface area is 149 Å². The number of nitrogens with two attached hydrogens (primary N) is 2. The molecule has 0 aliphatic rings. The van der Waals surface area contributed by atoms with Gasteiger partial charge in [-0.2, -0.15) is 15.0 Å². The second-order valence-corrected chi connectivity index (χ2v) is 8.87. The summed E-state index contributed by atoms with van der Waals surface area (Å²) in [4.78, 5) is 36.1. The summed E-state index contributed by atoms with van der Waals surface area (Å²) in [5, 5.41) is 10.9. The normalized spacial score (nSPS) is 14.5. The molecule has 26 heavy (non-hydrogen) atoms. The maximum absolute atomic E-state index is 10.7. The lowest BCUT2D eigenvalue weighted by molar-refractivity contribution is 0.384. The molecule has 0 aliphatic carbocycles. The number of hydrogen-bond acceptors (Lipinski definition) is 7. The summed E-state index contributed by atoms with van der Waals surface area (Å²) in [6.45, 7) is 4.32. The molecule has 0 unspecified atom stereocenters. The molecule has 0 aromatic carbocycles. The van der Waals surface area contributed by atoms with Gasteiger partial charge in [0.2, 0.25) is 0 Å². The summed E-state index contributed by atoms with van der Waals surface area (Å²) in [7, 11) is -8.44. The molecule has 148 valence electrons. The Morgan fingerprint density at radius 1 is 1.00 bits per heavy atom. The van der Waals surface area contributed by atoms with Crippen molar-refractivity contribution < 1.29 is 28.7 Å². The van der Waals surface area contributed by atoms with Crippen LogP contribution in [0.15, 0.2) is 18.6 Å². The summed E-state index contributed by atoms with van der Waals surface area (Å²) < 4.78 is 22.8. The molecule has 0 fully saturated rings. The lowest BCUT2D eigenvalue weighted by atomic mass is 10.4. The number of rotatable bonds is 6. The smallest absolute Gasteiger partial charge is 0.326 e. The van der Waals surface area contributed by atoms with Crippen molar-refractivity contribution in [3.05, 3.63) is 18.6 Å². The number of hydrogen-bond donors (Lipinski definition) is 6. The van der Waals surface area contributed by atoms with E-state index in [1.807, 2.05) is 0 Å². The zero-order valence-corrected chi connectivity index (χ0v) is 16.0. The van der Waals surface area contributed by atoms with E-state index in [-0.39, 0.29) is 22.8 Å². The van der Waals surface area contributed by atoms with E-state index in [1.54, 1.807) is 13.8 Å². The van der Waals surface area contributed by atoms with E-state index in [4.69, 9.17) is 31.0 Å². The van der Waals surface area contributed by atoms with Crippen molar-refractivity contribution in [1.82, 2.24) is 24.8 Å². The SMILES string of the molecule is C[C@@H](N)Cn1cc(P(=O)(O)O)cn1.C[C@@H](N)Cn1ncc(P(=O)(O)O)n1. The van der Waals surface area contributed by atoms with Crippen LogP contribution in [0, 0.1) is 0 Å². The molecule has 8 N–H and O–H groups in total. The number of aromatic nitrogens is 5. The van der Waals surface area contributed by atoms with Crippen LogP contribution >= 0.6 is 15.2 Å². The van der Waals surface area contributed by atoms with Crippen molar-refractivity contribution in [3.8, 4) is 0 Å². The van der Waals surface area contributed by atoms with E-state index in [0.717, 1.165) is 12.4 Å². The van der Waals surface area contributed by atoms with Crippen molar-refractivity contribution in [1.29, 1.82) is 0 Å². The molecular weight excluding hydrogens is 388 g/mol. The lowest BCUT2D eigenvalue weighted by Gasteiger charge is -2.03. The standard InChI is InChI=1S/C6H12N3O3P.C5H11N4O3P/c1-5(7)3-9-4-6(2-8-9)13(10,11)12;1-4(6)3-9-7-2-5(8-9)13(10,11)12/h2,4-5H,3,7H2,1H3,(H2,10,11,12);2,4H,3,6H2,1H3,(H2,10,11,12)/t5-;4-/m11/s1. The van der Waals surface area contributed by atoms with Crippen LogP contribution < -0.4 is 22.2 Å². The Morgan fingerprint density at radius 3 is 1.96 bits per heavy atom. The van der Waals surface area contributed by atoms with Crippen molar-refractivity contribution in [2.24, 2.45) is 11.5 Å². The largest absolute Gasteiger partial charge is 0.378 e. The highest BCUT2D eigenvalue weighted by atomic mass is 31.2. The van der Waals surface area contributed by atoms with Crippen LogP contribution in [0.1, 0.15) is 13.8 Å². The molecule has 0 amide bonds. The van der Waals surface area contributed by atoms with Gasteiger partial charge in [-0.15, -0.1) is 5.10 Å². The highest BCUT2D eigenvalue weighted by Crippen LogP contribution is 2.32. The molecule has 15 heteroatoms. The maximum atomic E-state index is 10.7. The van der Waals surface area contributed by atoms with E-state index < -0.39 is 15.2 Å². The zero-order chi connectivity index (χ0) is 20.1. The first-order valence-electron chi connectivity index (χ1n) is 7.35. The topological polar surface area (TPSA) is 216 Å². The molecule has 2 rings (SSSR count). The Bertz CT molecular complexity index is 726. The molecule has 13 nitrogen and oxygen atoms in total. The summed E-state index contributed by atoms with van der Waals surface area (Å²) in [6, 6.07) is -0.249. The van der Waals surface area contributed by atoms with Gasteiger partial charge < -0.3 is 31.0 Å². The van der Waals surface area contributed by atoms with Crippen molar-refractivity contribution in [3.63, 3.8) is 0 Å². The van der Waals surface area contributed by atoms with Crippen molar-refractivity contribution in [2.45, 2.75) is 39.0 Å². The van der Waals surface area contributed by atoms with Gasteiger partial charge in [-0.3, -0.25) is 13.8 Å². The second kappa shape index (κ2) is 8.98. The summed E-state index contributed by atoms with van der Waals surface area (Å²) in [5.74, 6) is 0. The van der Waals surface area contributed by atoms with Crippen LogP contribution in [0.5, 0.6) is 0 Å². The average Bonchev–Trinajstić information content (AvgIpc) is 3.06. The third-order valence-electron chi connectivity index (χ3n) is 2.71. The first-order chi connectivity index (χ1) is 11.8. The van der Waals surface area contributed by atoms with Crippen LogP contribution in [0.4, 0.5) is 0 Å². The molecular formula is C11H23N7O6P2. The molecule has 2 aromatic rings. The quantitative estimate of drug-likeness (QED) is 0.272. The summed E-state index contributed by atoms with van der Waals surface area (Å²) in [6.07, 6.45) is 3.51. The van der Waals surface area contributed by atoms with Gasteiger partial charge in [-0.05, 0) is 13.8 Å². The molecule has 0 spiro atoms. The van der Waals surface area contributed by atoms with Crippen LogP contribution in [-0.4, -0.2) is 56.4 Å². The van der Waals surface area contributed by atoms with Gasteiger partial charge in [0.1, 0.15) is 5.30 Å². The van der Waals surface area contributed by atoms with Crippen LogP contribution in [0.2, 0.25) is 0 Å².